The van der Waals surface area contributed by atoms with Gasteiger partial charge in [0.2, 0.25) is 0 Å². The maximum Gasteiger partial charge on any atom is 0.135 e. The van der Waals surface area contributed by atoms with Crippen LogP contribution in [0, 0.1) is 0 Å². The number of benzene rings is 6. The molecule has 0 amide bonds. The van der Waals surface area contributed by atoms with Gasteiger partial charge in [-0.2, -0.15) is 0 Å². The molecule has 2 heteroatoms. The Hall–Kier alpha value is -4.66. The third kappa shape index (κ3) is 3.46. The zero-order valence-corrected chi connectivity index (χ0v) is 26.2. The lowest BCUT2D eigenvalue weighted by Crippen LogP contribution is -2.14. The number of furan rings is 1. The Kier molecular flexibility index (Phi) is 5.24. The molecular weight excluding hydrogens is 553 g/mol. The van der Waals surface area contributed by atoms with E-state index in [0.717, 1.165) is 11.2 Å². The minimum atomic E-state index is 0.0269. The first-order valence-electron chi connectivity index (χ1n) is 15.4. The lowest BCUT2D eigenvalue weighted by molar-refractivity contribution is 0.647. The summed E-state index contributed by atoms with van der Waals surface area (Å²) in [5, 5.41) is 5.18. The van der Waals surface area contributed by atoms with Crippen molar-refractivity contribution in [3.8, 4) is 22.3 Å². The highest BCUT2D eigenvalue weighted by Crippen LogP contribution is 2.52. The van der Waals surface area contributed by atoms with Crippen LogP contribution in [0.2, 0.25) is 0 Å². The van der Waals surface area contributed by atoms with Crippen molar-refractivity contribution in [2.45, 2.75) is 38.5 Å². The summed E-state index contributed by atoms with van der Waals surface area (Å²) in [4.78, 5) is 0. The van der Waals surface area contributed by atoms with Gasteiger partial charge in [0.1, 0.15) is 11.2 Å². The summed E-state index contributed by atoms with van der Waals surface area (Å²) in [6.45, 7) is 9.28. The first kappa shape index (κ1) is 25.8. The topological polar surface area (TPSA) is 13.1 Å². The molecule has 0 radical (unpaired) electrons. The zero-order valence-electron chi connectivity index (χ0n) is 25.4. The number of para-hydroxylation sites is 1. The number of hydrogen-bond donors (Lipinski definition) is 0. The number of fused-ring (bicyclic) bond motifs is 12. The summed E-state index contributed by atoms with van der Waals surface area (Å²) >= 11 is 1.91. The molecule has 1 nitrogen and oxygen atoms in total. The highest BCUT2D eigenvalue weighted by molar-refractivity contribution is 7.25. The fourth-order valence-electron chi connectivity index (χ4n) is 7.84. The Balaban J connectivity index is 0.000000123. The van der Waals surface area contributed by atoms with Crippen LogP contribution in [0.4, 0.5) is 0 Å². The minimum Gasteiger partial charge on any atom is -0.456 e. The number of thiophene rings is 1. The second-order valence-electron chi connectivity index (χ2n) is 13.3. The van der Waals surface area contributed by atoms with Gasteiger partial charge < -0.3 is 4.42 Å². The highest BCUT2D eigenvalue weighted by atomic mass is 32.1. The molecule has 0 unspecified atom stereocenters. The first-order chi connectivity index (χ1) is 21.3. The van der Waals surface area contributed by atoms with E-state index in [1.165, 1.54) is 75.5 Å². The van der Waals surface area contributed by atoms with Gasteiger partial charge in [-0.05, 0) is 80.9 Å². The van der Waals surface area contributed by atoms with Gasteiger partial charge in [0.15, 0.2) is 0 Å². The summed E-state index contributed by atoms with van der Waals surface area (Å²) in [6, 6.07) is 44.0. The van der Waals surface area contributed by atoms with E-state index >= 15 is 0 Å². The van der Waals surface area contributed by atoms with Crippen LogP contribution in [0.15, 0.2) is 126 Å². The Labute approximate surface area is 261 Å². The maximum absolute atomic E-state index is 6.07. The van der Waals surface area contributed by atoms with Crippen LogP contribution in [0.3, 0.4) is 0 Å². The molecule has 0 saturated carbocycles. The summed E-state index contributed by atoms with van der Waals surface area (Å²) in [5.74, 6) is 0. The van der Waals surface area contributed by atoms with Gasteiger partial charge in [0.05, 0.1) is 0 Å². The van der Waals surface area contributed by atoms with Crippen molar-refractivity contribution in [3.05, 3.63) is 144 Å². The van der Waals surface area contributed by atoms with E-state index in [1.54, 1.807) is 0 Å². The summed E-state index contributed by atoms with van der Waals surface area (Å²) < 4.78 is 8.86. The summed E-state index contributed by atoms with van der Waals surface area (Å²) in [6.07, 6.45) is 0. The van der Waals surface area contributed by atoms with Crippen molar-refractivity contribution in [2.24, 2.45) is 0 Å². The molecule has 0 fully saturated rings. The van der Waals surface area contributed by atoms with E-state index in [9.17, 15) is 0 Å². The molecule has 0 aliphatic heterocycles. The van der Waals surface area contributed by atoms with Crippen LogP contribution in [-0.4, -0.2) is 0 Å². The van der Waals surface area contributed by atoms with E-state index in [2.05, 4.69) is 137 Å². The van der Waals surface area contributed by atoms with Crippen molar-refractivity contribution in [3.63, 3.8) is 0 Å². The van der Waals surface area contributed by atoms with E-state index < -0.39 is 0 Å². The maximum atomic E-state index is 6.07. The summed E-state index contributed by atoms with van der Waals surface area (Å²) in [7, 11) is 0. The lowest BCUT2D eigenvalue weighted by atomic mass is 9.82. The molecule has 2 aliphatic carbocycles. The first-order valence-corrected chi connectivity index (χ1v) is 16.3. The van der Waals surface area contributed by atoms with Crippen molar-refractivity contribution in [2.75, 3.05) is 0 Å². The second-order valence-corrected chi connectivity index (χ2v) is 14.4. The van der Waals surface area contributed by atoms with Gasteiger partial charge in [-0.15, -0.1) is 11.3 Å². The van der Waals surface area contributed by atoms with Crippen molar-refractivity contribution < 1.29 is 4.42 Å². The standard InChI is InChI=1S/C21H16O.C21H16S/c2*1-21(2)17-9-5-3-7-13(17)15-11-16-14-8-4-6-10-19(14)22-20(16)12-18(15)21/h2*3-12H,1-2H3. The van der Waals surface area contributed by atoms with Crippen LogP contribution in [0.5, 0.6) is 0 Å². The third-order valence-electron chi connectivity index (χ3n) is 10.2. The lowest BCUT2D eigenvalue weighted by Gasteiger charge is -2.21. The Morgan fingerprint density at radius 1 is 0.409 bits per heavy atom. The minimum absolute atomic E-state index is 0.0269. The van der Waals surface area contributed by atoms with Gasteiger partial charge >= 0.3 is 0 Å². The smallest absolute Gasteiger partial charge is 0.135 e. The van der Waals surface area contributed by atoms with Gasteiger partial charge in [-0.25, -0.2) is 0 Å². The van der Waals surface area contributed by atoms with Crippen molar-refractivity contribution >= 4 is 53.4 Å². The molecule has 0 spiro atoms. The van der Waals surface area contributed by atoms with Gasteiger partial charge in [-0.1, -0.05) is 113 Å². The number of hydrogen-bond acceptors (Lipinski definition) is 2. The van der Waals surface area contributed by atoms with Crippen LogP contribution in [0.1, 0.15) is 49.9 Å². The molecule has 0 atom stereocenters. The second kappa shape index (κ2) is 8.94. The third-order valence-corrected chi connectivity index (χ3v) is 11.3. The predicted octanol–water partition coefficient (Wildman–Crippen LogP) is 12.3. The molecular formula is C42H32OS. The van der Waals surface area contributed by atoms with Crippen LogP contribution >= 0.6 is 11.3 Å². The van der Waals surface area contributed by atoms with E-state index in [0.29, 0.717) is 0 Å². The average molecular weight is 585 g/mol. The Bertz CT molecular complexity index is 2280. The molecule has 0 bridgehead atoms. The van der Waals surface area contributed by atoms with Gasteiger partial charge in [-0.3, -0.25) is 0 Å². The number of rotatable bonds is 0. The molecule has 6 aromatic carbocycles. The monoisotopic (exact) mass is 584 g/mol. The molecule has 2 aliphatic rings. The van der Waals surface area contributed by atoms with E-state index in [4.69, 9.17) is 4.42 Å². The molecule has 10 rings (SSSR count). The molecule has 0 saturated heterocycles. The molecule has 44 heavy (non-hydrogen) atoms. The van der Waals surface area contributed by atoms with Crippen LogP contribution < -0.4 is 0 Å². The fourth-order valence-corrected chi connectivity index (χ4v) is 8.97. The van der Waals surface area contributed by atoms with Gasteiger partial charge in [0, 0.05) is 41.8 Å². The Morgan fingerprint density at radius 2 is 0.955 bits per heavy atom. The zero-order chi connectivity index (χ0) is 29.8. The molecule has 2 aromatic heterocycles. The Morgan fingerprint density at radius 3 is 1.66 bits per heavy atom. The molecule has 8 aromatic rings. The predicted molar refractivity (Wildman–Crippen MR) is 188 cm³/mol. The molecule has 0 N–H and O–H groups in total. The van der Waals surface area contributed by atoms with Crippen LogP contribution in [-0.2, 0) is 10.8 Å². The SMILES string of the molecule is CC1(C)c2ccccc2-c2cc3c(cc21)oc1ccccc13.CC1(C)c2ccccc2-c2cc3c(cc21)sc1ccccc13. The quantitative estimate of drug-likeness (QED) is 0.173. The molecule has 212 valence electrons. The largest absolute Gasteiger partial charge is 0.456 e. The van der Waals surface area contributed by atoms with E-state index in [-0.39, 0.29) is 10.8 Å². The van der Waals surface area contributed by atoms with Crippen molar-refractivity contribution in [1.29, 1.82) is 0 Å². The highest BCUT2D eigenvalue weighted by Gasteiger charge is 2.37. The van der Waals surface area contributed by atoms with Crippen LogP contribution in [0.25, 0.3) is 64.4 Å². The van der Waals surface area contributed by atoms with Crippen molar-refractivity contribution in [1.82, 2.24) is 0 Å². The van der Waals surface area contributed by atoms with Gasteiger partial charge in [0.25, 0.3) is 0 Å². The normalized spacial score (nSPS) is 15.2. The fraction of sp³-hybridized carbons (Fsp3) is 0.143. The summed E-state index contributed by atoms with van der Waals surface area (Å²) in [5.41, 5.74) is 13.3. The van der Waals surface area contributed by atoms with E-state index in [1.807, 2.05) is 23.5 Å². The average Bonchev–Trinajstić information content (AvgIpc) is 3.72. The molecule has 2 heterocycles.